The number of piperazine rings is 1. The van der Waals surface area contributed by atoms with Crippen molar-refractivity contribution in [2.24, 2.45) is 0 Å². The summed E-state index contributed by atoms with van der Waals surface area (Å²) >= 11 is 1.70. The van der Waals surface area contributed by atoms with Crippen molar-refractivity contribution in [2.45, 2.75) is 59.5 Å². The number of aromatic nitrogens is 5. The minimum atomic E-state index is 0.134. The molecule has 0 aliphatic carbocycles. The molecule has 186 valence electrons. The molecule has 5 rings (SSSR count). The van der Waals surface area contributed by atoms with Gasteiger partial charge < -0.3 is 20.1 Å². The molecule has 35 heavy (non-hydrogen) atoms. The van der Waals surface area contributed by atoms with Crippen LogP contribution in [0, 0.1) is 13.8 Å². The lowest BCUT2D eigenvalue weighted by Gasteiger charge is -2.44. The Hall–Kier alpha value is -2.98. The molecule has 0 saturated carbocycles. The molecule has 1 amide bonds. The summed E-state index contributed by atoms with van der Waals surface area (Å²) in [5.74, 6) is 0.451. The van der Waals surface area contributed by atoms with Gasteiger partial charge in [0.1, 0.15) is 16.7 Å². The first-order chi connectivity index (χ1) is 16.7. The molecule has 9 nitrogen and oxygen atoms in total. The summed E-state index contributed by atoms with van der Waals surface area (Å²) in [5.41, 5.74) is 7.74. The number of thiazole rings is 1. The Morgan fingerprint density at radius 3 is 2.71 bits per heavy atom. The summed E-state index contributed by atoms with van der Waals surface area (Å²) < 4.78 is 1.85. The zero-order chi connectivity index (χ0) is 25.0. The maximum Gasteiger partial charge on any atom is 0.236 e. The highest BCUT2D eigenvalue weighted by Gasteiger charge is 2.34. The van der Waals surface area contributed by atoms with E-state index in [0.717, 1.165) is 44.5 Å². The highest BCUT2D eigenvalue weighted by Crippen LogP contribution is 2.41. The molecular weight excluding hydrogens is 460 g/mol. The number of rotatable bonds is 5. The second-order valence-corrected chi connectivity index (χ2v) is 11.0. The van der Waals surface area contributed by atoms with Gasteiger partial charge in [-0.25, -0.2) is 14.5 Å². The fourth-order valence-electron chi connectivity index (χ4n) is 5.22. The molecule has 0 radical (unpaired) electrons. The first-order valence-electron chi connectivity index (χ1n) is 12.2. The zero-order valence-corrected chi connectivity index (χ0v) is 22.3. The third-order valence-corrected chi connectivity index (χ3v) is 8.24. The van der Waals surface area contributed by atoms with Crippen LogP contribution in [-0.4, -0.2) is 74.1 Å². The van der Waals surface area contributed by atoms with Gasteiger partial charge in [-0.1, -0.05) is 25.2 Å². The van der Waals surface area contributed by atoms with Crippen molar-refractivity contribution in [3.05, 3.63) is 29.2 Å². The van der Waals surface area contributed by atoms with Crippen LogP contribution in [0.25, 0.3) is 27.3 Å². The Morgan fingerprint density at radius 2 is 2.00 bits per heavy atom. The molecule has 4 aromatic rings. The number of hydrogen-bond donors (Lipinski definition) is 2. The van der Waals surface area contributed by atoms with Crippen molar-refractivity contribution in [1.82, 2.24) is 34.8 Å². The van der Waals surface area contributed by atoms with E-state index in [-0.39, 0.29) is 18.0 Å². The van der Waals surface area contributed by atoms with Gasteiger partial charge in [-0.15, -0.1) is 0 Å². The van der Waals surface area contributed by atoms with Crippen molar-refractivity contribution in [1.29, 1.82) is 0 Å². The fraction of sp³-hybridized carbons (Fsp3) is 0.520. The van der Waals surface area contributed by atoms with Gasteiger partial charge in [0, 0.05) is 42.5 Å². The van der Waals surface area contributed by atoms with Crippen LogP contribution in [0.5, 0.6) is 0 Å². The van der Waals surface area contributed by atoms with E-state index < -0.39 is 0 Å². The smallest absolute Gasteiger partial charge is 0.236 e. The van der Waals surface area contributed by atoms with E-state index in [4.69, 9.17) is 4.98 Å². The van der Waals surface area contributed by atoms with Gasteiger partial charge in [0.2, 0.25) is 5.91 Å². The SMILES string of the molecule is CNCC(=O)N1C[C@H](C)N(c2nc3c(C(C)C)c(-c4cn5ncnc5c(C)c4C)[nH]c3s2)C[C@H]1C. The third-order valence-electron chi connectivity index (χ3n) is 7.23. The van der Waals surface area contributed by atoms with Crippen molar-refractivity contribution in [2.75, 3.05) is 31.6 Å². The summed E-state index contributed by atoms with van der Waals surface area (Å²) in [6, 6.07) is 0.332. The van der Waals surface area contributed by atoms with Crippen LogP contribution in [0.15, 0.2) is 12.5 Å². The van der Waals surface area contributed by atoms with Crippen LogP contribution in [-0.2, 0) is 4.79 Å². The van der Waals surface area contributed by atoms with Crippen LogP contribution < -0.4 is 10.2 Å². The summed E-state index contributed by atoms with van der Waals surface area (Å²) in [5, 5.41) is 8.38. The number of carbonyl (C=O) groups is 1. The third kappa shape index (κ3) is 3.88. The number of aromatic amines is 1. The number of likely N-dealkylation sites (N-methyl/N-ethyl adjacent to an activating group) is 1. The summed E-state index contributed by atoms with van der Waals surface area (Å²) in [6.07, 6.45) is 3.67. The maximum absolute atomic E-state index is 12.5. The van der Waals surface area contributed by atoms with E-state index >= 15 is 0 Å². The quantitative estimate of drug-likeness (QED) is 0.439. The average molecular weight is 495 g/mol. The van der Waals surface area contributed by atoms with Gasteiger partial charge >= 0.3 is 0 Å². The fourth-order valence-corrected chi connectivity index (χ4v) is 6.32. The normalized spacial score (nSPS) is 19.0. The molecule has 10 heteroatoms. The first kappa shape index (κ1) is 23.7. The number of H-pyrrole nitrogens is 1. The summed E-state index contributed by atoms with van der Waals surface area (Å²) in [7, 11) is 1.81. The largest absolute Gasteiger partial charge is 0.344 e. The van der Waals surface area contributed by atoms with E-state index in [2.05, 4.69) is 73.0 Å². The molecule has 1 aliphatic rings. The number of aryl methyl sites for hydroxylation is 1. The highest BCUT2D eigenvalue weighted by atomic mass is 32.1. The second-order valence-electron chi connectivity index (χ2n) is 9.99. The molecule has 1 fully saturated rings. The molecule has 5 heterocycles. The van der Waals surface area contributed by atoms with Crippen LogP contribution in [0.2, 0.25) is 0 Å². The molecule has 0 unspecified atom stereocenters. The Morgan fingerprint density at radius 1 is 1.23 bits per heavy atom. The van der Waals surface area contributed by atoms with Gasteiger partial charge in [0.15, 0.2) is 10.8 Å². The Balaban J connectivity index is 1.53. The lowest BCUT2D eigenvalue weighted by Crippen LogP contribution is -2.59. The predicted octanol–water partition coefficient (Wildman–Crippen LogP) is 3.72. The molecule has 4 aromatic heterocycles. The predicted molar refractivity (Wildman–Crippen MR) is 141 cm³/mol. The van der Waals surface area contributed by atoms with Gasteiger partial charge in [-0.2, -0.15) is 5.10 Å². The maximum atomic E-state index is 12.5. The van der Waals surface area contributed by atoms with E-state index in [1.54, 1.807) is 17.7 Å². The van der Waals surface area contributed by atoms with Gasteiger partial charge in [-0.05, 0) is 51.8 Å². The monoisotopic (exact) mass is 494 g/mol. The molecule has 0 bridgehead atoms. The average Bonchev–Trinajstić information content (AvgIpc) is 3.51. The zero-order valence-electron chi connectivity index (χ0n) is 21.5. The van der Waals surface area contributed by atoms with E-state index in [0.29, 0.717) is 19.0 Å². The van der Waals surface area contributed by atoms with E-state index in [1.165, 1.54) is 11.1 Å². The van der Waals surface area contributed by atoms with Gasteiger partial charge in [-0.3, -0.25) is 4.79 Å². The Kier molecular flexibility index (Phi) is 6.04. The summed E-state index contributed by atoms with van der Waals surface area (Å²) in [6.45, 7) is 14.8. The van der Waals surface area contributed by atoms with Crippen molar-refractivity contribution in [3.63, 3.8) is 0 Å². The van der Waals surface area contributed by atoms with Crippen LogP contribution in [0.3, 0.4) is 0 Å². The molecule has 2 N–H and O–H groups in total. The number of amides is 1. The highest BCUT2D eigenvalue weighted by molar-refractivity contribution is 7.21. The van der Waals surface area contributed by atoms with Gasteiger partial charge in [0.25, 0.3) is 0 Å². The minimum absolute atomic E-state index is 0.134. The number of hydrogen-bond acceptors (Lipinski definition) is 7. The number of anilines is 1. The van der Waals surface area contributed by atoms with Crippen molar-refractivity contribution < 1.29 is 4.79 Å². The van der Waals surface area contributed by atoms with E-state index in [1.807, 2.05) is 16.5 Å². The van der Waals surface area contributed by atoms with Gasteiger partial charge in [0.05, 0.1) is 12.2 Å². The lowest BCUT2D eigenvalue weighted by atomic mass is 9.96. The number of nitrogens with one attached hydrogen (secondary N) is 2. The first-order valence-corrected chi connectivity index (χ1v) is 13.1. The lowest BCUT2D eigenvalue weighted by molar-refractivity contribution is -0.133. The molecule has 0 spiro atoms. The van der Waals surface area contributed by atoms with Crippen molar-refractivity contribution >= 4 is 38.4 Å². The Bertz CT molecular complexity index is 1400. The molecular formula is C25H34N8OS. The number of nitrogens with zero attached hydrogens (tertiary/aromatic N) is 6. The number of pyridine rings is 1. The molecule has 0 aromatic carbocycles. The topological polar surface area (TPSA) is 94.5 Å². The van der Waals surface area contributed by atoms with E-state index in [9.17, 15) is 4.79 Å². The second kappa shape index (κ2) is 8.91. The van der Waals surface area contributed by atoms with Crippen LogP contribution in [0.4, 0.5) is 5.13 Å². The number of fused-ring (bicyclic) bond motifs is 2. The molecule has 1 saturated heterocycles. The number of carbonyl (C=O) groups excluding carboxylic acids is 1. The molecule has 2 atom stereocenters. The molecule has 1 aliphatic heterocycles. The minimum Gasteiger partial charge on any atom is -0.344 e. The van der Waals surface area contributed by atoms with Crippen LogP contribution in [0.1, 0.15) is 50.3 Å². The standard InChI is InChI=1S/C25H34N8OS/c1-13(2)20-21(18-11-33-23(27-12-28-33)17(6)16(18)5)29-24-22(20)30-25(35-24)32-10-14(3)31(9-15(32)4)19(34)8-26-7/h11-15,26,29H,8-10H2,1-7H3/t14-,15+/m1/s1. The summed E-state index contributed by atoms with van der Waals surface area (Å²) in [4.78, 5) is 31.2. The Labute approximate surface area is 209 Å². The van der Waals surface area contributed by atoms with Crippen LogP contribution >= 0.6 is 11.3 Å². The van der Waals surface area contributed by atoms with Crippen molar-refractivity contribution in [3.8, 4) is 11.3 Å².